The summed E-state index contributed by atoms with van der Waals surface area (Å²) >= 11 is 0. The Bertz CT molecular complexity index is 840. The lowest BCUT2D eigenvalue weighted by Crippen LogP contribution is -2.25. The van der Waals surface area contributed by atoms with Gasteiger partial charge >= 0.3 is 0 Å². The molecule has 3 N–H and O–H groups in total. The highest BCUT2D eigenvalue weighted by molar-refractivity contribution is 5.98. The molecule has 0 aliphatic rings. The largest absolute Gasteiger partial charge is 0.490 e. The van der Waals surface area contributed by atoms with Crippen LogP contribution in [0.2, 0.25) is 0 Å². The zero-order chi connectivity index (χ0) is 21.1. The van der Waals surface area contributed by atoms with Crippen LogP contribution < -0.4 is 15.8 Å². The highest BCUT2D eigenvalue weighted by Gasteiger charge is 2.14. The van der Waals surface area contributed by atoms with E-state index in [1.807, 2.05) is 0 Å². The molecule has 0 atom stereocenters. The van der Waals surface area contributed by atoms with Gasteiger partial charge in [0.15, 0.2) is 11.6 Å². The molecule has 0 unspecified atom stereocenters. The summed E-state index contributed by atoms with van der Waals surface area (Å²) in [6, 6.07) is 8.13. The quantitative estimate of drug-likeness (QED) is 0.439. The summed E-state index contributed by atoms with van der Waals surface area (Å²) < 4.78 is 25.2. The number of pyridine rings is 1. The third-order valence-electron chi connectivity index (χ3n) is 4.18. The maximum atomic E-state index is 14.6. The molecule has 0 aliphatic carbocycles. The van der Waals surface area contributed by atoms with Gasteiger partial charge in [-0.1, -0.05) is 31.2 Å². The number of hydrogen-bond donors (Lipinski definition) is 2. The number of nitrogens with zero attached hydrogens (tertiary/aromatic N) is 1. The summed E-state index contributed by atoms with van der Waals surface area (Å²) in [6.07, 6.45) is 6.89. The number of nitrogens with two attached hydrogens (primary N) is 1. The first kappa shape index (κ1) is 22.4. The summed E-state index contributed by atoms with van der Waals surface area (Å²) in [4.78, 5) is 16.5. The van der Waals surface area contributed by atoms with E-state index in [-0.39, 0.29) is 23.7 Å². The van der Waals surface area contributed by atoms with Gasteiger partial charge in [-0.25, -0.2) is 9.37 Å². The Balaban J connectivity index is 1.93. The summed E-state index contributed by atoms with van der Waals surface area (Å²) in [5, 5.41) is 2.67. The first-order valence-electron chi connectivity index (χ1n) is 9.64. The normalized spacial score (nSPS) is 11.0. The van der Waals surface area contributed by atoms with Crippen molar-refractivity contribution in [2.24, 2.45) is 0 Å². The average Bonchev–Trinajstić information content (AvgIpc) is 2.71. The fourth-order valence-corrected chi connectivity index (χ4v) is 2.68. The number of ether oxygens (including phenoxy) is 2. The van der Waals surface area contributed by atoms with Gasteiger partial charge in [-0.2, -0.15) is 0 Å². The molecule has 2 aromatic rings. The minimum Gasteiger partial charge on any atom is -0.490 e. The van der Waals surface area contributed by atoms with Crippen molar-refractivity contribution in [2.45, 2.75) is 39.3 Å². The van der Waals surface area contributed by atoms with Gasteiger partial charge in [-0.3, -0.25) is 4.79 Å². The van der Waals surface area contributed by atoms with Crippen LogP contribution in [-0.2, 0) is 17.9 Å². The number of anilines is 1. The lowest BCUT2D eigenvalue weighted by atomic mass is 10.1. The van der Waals surface area contributed by atoms with E-state index in [0.717, 1.165) is 19.3 Å². The van der Waals surface area contributed by atoms with Crippen molar-refractivity contribution in [3.8, 4) is 5.75 Å². The second-order valence-electron chi connectivity index (χ2n) is 6.45. The molecule has 1 aromatic carbocycles. The number of nitrogens with one attached hydrogen (secondary N) is 1. The van der Waals surface area contributed by atoms with E-state index in [9.17, 15) is 9.18 Å². The third kappa shape index (κ3) is 6.87. The van der Waals surface area contributed by atoms with Crippen molar-refractivity contribution in [2.75, 3.05) is 19.5 Å². The highest BCUT2D eigenvalue weighted by Crippen LogP contribution is 2.21. The van der Waals surface area contributed by atoms with Crippen LogP contribution in [0.1, 0.15) is 47.8 Å². The minimum atomic E-state index is -0.474. The molecule has 29 heavy (non-hydrogen) atoms. The molecule has 156 valence electrons. The van der Waals surface area contributed by atoms with Crippen molar-refractivity contribution in [1.82, 2.24) is 10.3 Å². The topological polar surface area (TPSA) is 86.5 Å². The van der Waals surface area contributed by atoms with Crippen LogP contribution >= 0.6 is 0 Å². The first-order chi connectivity index (χ1) is 14.1. The lowest BCUT2D eigenvalue weighted by Gasteiger charge is -2.12. The maximum absolute atomic E-state index is 14.6. The van der Waals surface area contributed by atoms with Gasteiger partial charge in [0, 0.05) is 19.2 Å². The van der Waals surface area contributed by atoms with Gasteiger partial charge in [-0.05, 0) is 37.5 Å². The monoisotopic (exact) mass is 401 g/mol. The Morgan fingerprint density at radius 2 is 2.10 bits per heavy atom. The van der Waals surface area contributed by atoms with Crippen molar-refractivity contribution in [3.63, 3.8) is 0 Å². The fourth-order valence-electron chi connectivity index (χ4n) is 2.68. The van der Waals surface area contributed by atoms with E-state index in [4.69, 9.17) is 15.2 Å². The molecule has 0 aliphatic heterocycles. The Kier molecular flexibility index (Phi) is 9.11. The number of hydrogen-bond acceptors (Lipinski definition) is 5. The van der Waals surface area contributed by atoms with Crippen LogP contribution in [0.3, 0.4) is 0 Å². The molecule has 1 aromatic heterocycles. The number of benzene rings is 1. The summed E-state index contributed by atoms with van der Waals surface area (Å²) in [5.74, 6) is -0.612. The summed E-state index contributed by atoms with van der Waals surface area (Å²) in [7, 11) is 1.55. The predicted molar refractivity (Wildman–Crippen MR) is 111 cm³/mol. The van der Waals surface area contributed by atoms with E-state index in [1.54, 1.807) is 37.4 Å². The summed E-state index contributed by atoms with van der Waals surface area (Å²) in [5.41, 5.74) is 7.05. The third-order valence-corrected chi connectivity index (χ3v) is 4.18. The van der Waals surface area contributed by atoms with Gasteiger partial charge in [0.2, 0.25) is 0 Å². The Labute approximate surface area is 170 Å². The number of halogens is 1. The molecule has 7 heteroatoms. The number of nitrogen functional groups attached to an aromatic ring is 1. The molecule has 0 bridgehead atoms. The van der Waals surface area contributed by atoms with Crippen molar-refractivity contribution < 1.29 is 18.7 Å². The van der Waals surface area contributed by atoms with Crippen LogP contribution in [-0.4, -0.2) is 24.6 Å². The molecule has 6 nitrogen and oxygen atoms in total. The maximum Gasteiger partial charge on any atom is 0.255 e. The molecule has 1 heterocycles. The highest BCUT2D eigenvalue weighted by atomic mass is 19.1. The van der Waals surface area contributed by atoms with Gasteiger partial charge in [-0.15, -0.1) is 0 Å². The molecule has 0 fully saturated rings. The zero-order valence-corrected chi connectivity index (χ0v) is 16.9. The van der Waals surface area contributed by atoms with E-state index < -0.39 is 11.7 Å². The molecule has 0 radical (unpaired) electrons. The Morgan fingerprint density at radius 3 is 2.83 bits per heavy atom. The molecule has 1 amide bonds. The van der Waals surface area contributed by atoms with Crippen LogP contribution in [0.15, 0.2) is 42.5 Å². The molecular weight excluding hydrogens is 373 g/mol. The minimum absolute atomic E-state index is 0.0143. The number of allylic oxidation sites excluding steroid dienone is 2. The molecule has 2 rings (SSSR count). The van der Waals surface area contributed by atoms with E-state index >= 15 is 0 Å². The van der Waals surface area contributed by atoms with Crippen LogP contribution in [0, 0.1) is 5.82 Å². The van der Waals surface area contributed by atoms with Gasteiger partial charge in [0.05, 0.1) is 24.5 Å². The number of aromatic nitrogens is 1. The first-order valence-corrected chi connectivity index (χ1v) is 9.64. The Hall–Kier alpha value is -2.93. The van der Waals surface area contributed by atoms with Crippen molar-refractivity contribution in [3.05, 3.63) is 65.1 Å². The standard InChI is InChI=1S/C22H28FN3O3/c1-3-4-5-6-7-13-29-19-10-8-9-16(20(19)23)14-25-22(27)18-12-11-17(15-28-2)26-21(18)24/h4-5,8-12H,3,6-7,13-15H2,1-2H3,(H2,24,26)(H,25,27). The number of methoxy groups -OCH3 is 1. The van der Waals surface area contributed by atoms with Crippen LogP contribution in [0.4, 0.5) is 10.2 Å². The van der Waals surface area contributed by atoms with E-state index in [0.29, 0.717) is 24.5 Å². The zero-order valence-electron chi connectivity index (χ0n) is 16.9. The number of carbonyl (C=O) groups is 1. The van der Waals surface area contributed by atoms with Gasteiger partial charge < -0.3 is 20.5 Å². The smallest absolute Gasteiger partial charge is 0.255 e. The SMILES string of the molecule is CCC=CCCCOc1cccc(CNC(=O)c2ccc(COC)nc2N)c1F. The van der Waals surface area contributed by atoms with Gasteiger partial charge in [0.25, 0.3) is 5.91 Å². The number of amides is 1. The van der Waals surface area contributed by atoms with Crippen molar-refractivity contribution in [1.29, 1.82) is 0 Å². The molecule has 0 saturated heterocycles. The number of rotatable bonds is 11. The summed E-state index contributed by atoms with van der Waals surface area (Å²) in [6.45, 7) is 2.82. The van der Waals surface area contributed by atoms with E-state index in [1.165, 1.54) is 0 Å². The average molecular weight is 401 g/mol. The van der Waals surface area contributed by atoms with Gasteiger partial charge in [0.1, 0.15) is 5.82 Å². The predicted octanol–water partition coefficient (Wildman–Crippen LogP) is 4.00. The van der Waals surface area contributed by atoms with E-state index in [2.05, 4.69) is 29.4 Å². The van der Waals surface area contributed by atoms with Crippen LogP contribution in [0.5, 0.6) is 5.75 Å². The molecule has 0 spiro atoms. The fraction of sp³-hybridized carbons (Fsp3) is 0.364. The van der Waals surface area contributed by atoms with Crippen molar-refractivity contribution >= 4 is 11.7 Å². The lowest BCUT2D eigenvalue weighted by molar-refractivity contribution is 0.0951. The second kappa shape index (κ2) is 11.8. The molecular formula is C22H28FN3O3. The second-order valence-corrected chi connectivity index (χ2v) is 6.45. The Morgan fingerprint density at radius 1 is 1.28 bits per heavy atom. The molecule has 0 saturated carbocycles. The van der Waals surface area contributed by atoms with Crippen LogP contribution in [0.25, 0.3) is 0 Å². The number of carbonyl (C=O) groups excluding carboxylic acids is 1. The number of unbranched alkanes of at least 4 members (excludes halogenated alkanes) is 1.